The number of benzene rings is 3. The highest BCUT2D eigenvalue weighted by Gasteiger charge is 2.35. The van der Waals surface area contributed by atoms with Crippen molar-refractivity contribution in [3.8, 4) is 16.9 Å². The normalized spacial score (nSPS) is 16.9. The standard InChI is InChI=1S/C26H25Cl2NO4S/c1-2-33-23-5-3-4-20(14-23)26(30)29(22-12-13-34(31,32)17-22)16-18-6-8-19(9-7-18)24-11-10-21(27)15-25(24)28/h3-11,14-15,22H,2,12-13,16-17H2,1H3. The lowest BCUT2D eigenvalue weighted by Gasteiger charge is -2.29. The minimum absolute atomic E-state index is 0.0254. The number of hydrogen-bond acceptors (Lipinski definition) is 4. The van der Waals surface area contributed by atoms with Crippen LogP contribution in [0.4, 0.5) is 0 Å². The van der Waals surface area contributed by atoms with Gasteiger partial charge in [-0.2, -0.15) is 0 Å². The van der Waals surface area contributed by atoms with Crippen molar-refractivity contribution in [2.75, 3.05) is 18.1 Å². The van der Waals surface area contributed by atoms with E-state index in [4.69, 9.17) is 27.9 Å². The summed E-state index contributed by atoms with van der Waals surface area (Å²) in [6.07, 6.45) is 0.428. The summed E-state index contributed by atoms with van der Waals surface area (Å²) in [5.74, 6) is 0.460. The van der Waals surface area contributed by atoms with E-state index in [2.05, 4.69) is 0 Å². The second-order valence-corrected chi connectivity index (χ2v) is 11.3. The number of ether oxygens (including phenoxy) is 1. The number of carbonyl (C=O) groups is 1. The average Bonchev–Trinajstić information content (AvgIpc) is 3.17. The molecule has 0 spiro atoms. The van der Waals surface area contributed by atoms with E-state index in [0.29, 0.717) is 40.9 Å². The van der Waals surface area contributed by atoms with Crippen molar-refractivity contribution in [3.05, 3.63) is 87.9 Å². The maximum Gasteiger partial charge on any atom is 0.254 e. The van der Waals surface area contributed by atoms with Crippen LogP contribution in [0.1, 0.15) is 29.3 Å². The Hall–Kier alpha value is -2.54. The molecular weight excluding hydrogens is 493 g/mol. The number of rotatable bonds is 7. The lowest BCUT2D eigenvalue weighted by Crippen LogP contribution is -2.40. The molecule has 0 aliphatic carbocycles. The molecule has 1 unspecified atom stereocenters. The van der Waals surface area contributed by atoms with Crippen LogP contribution in [0, 0.1) is 0 Å². The van der Waals surface area contributed by atoms with Crippen molar-refractivity contribution in [1.82, 2.24) is 4.90 Å². The molecule has 178 valence electrons. The molecule has 1 saturated heterocycles. The number of sulfone groups is 1. The van der Waals surface area contributed by atoms with E-state index in [1.807, 2.05) is 37.3 Å². The topological polar surface area (TPSA) is 63.7 Å². The van der Waals surface area contributed by atoms with Gasteiger partial charge in [-0.15, -0.1) is 0 Å². The molecule has 0 radical (unpaired) electrons. The summed E-state index contributed by atoms with van der Waals surface area (Å²) in [4.78, 5) is 15.2. The monoisotopic (exact) mass is 517 g/mol. The molecular formula is C26H25Cl2NO4S. The maximum absolute atomic E-state index is 13.5. The Morgan fingerprint density at radius 1 is 1.06 bits per heavy atom. The second kappa shape index (κ2) is 10.4. The van der Waals surface area contributed by atoms with Gasteiger partial charge in [-0.25, -0.2) is 8.42 Å². The van der Waals surface area contributed by atoms with Crippen molar-refractivity contribution < 1.29 is 17.9 Å². The van der Waals surface area contributed by atoms with Gasteiger partial charge >= 0.3 is 0 Å². The highest BCUT2D eigenvalue weighted by Crippen LogP contribution is 2.31. The zero-order chi connectivity index (χ0) is 24.3. The third kappa shape index (κ3) is 5.74. The molecule has 0 saturated carbocycles. The van der Waals surface area contributed by atoms with Crippen LogP contribution < -0.4 is 4.74 Å². The van der Waals surface area contributed by atoms with Crippen LogP contribution in [-0.2, 0) is 16.4 Å². The first kappa shape index (κ1) is 24.6. The molecule has 0 aromatic heterocycles. The summed E-state index contributed by atoms with van der Waals surface area (Å²) >= 11 is 12.3. The maximum atomic E-state index is 13.5. The Morgan fingerprint density at radius 3 is 2.47 bits per heavy atom. The van der Waals surface area contributed by atoms with E-state index in [0.717, 1.165) is 16.7 Å². The van der Waals surface area contributed by atoms with Gasteiger partial charge in [0.1, 0.15) is 5.75 Å². The molecule has 1 aliphatic heterocycles. The molecule has 3 aromatic rings. The van der Waals surface area contributed by atoms with Gasteiger partial charge in [-0.3, -0.25) is 4.79 Å². The highest BCUT2D eigenvalue weighted by atomic mass is 35.5. The van der Waals surface area contributed by atoms with Crippen LogP contribution >= 0.6 is 23.2 Å². The van der Waals surface area contributed by atoms with Crippen LogP contribution in [0.3, 0.4) is 0 Å². The van der Waals surface area contributed by atoms with Gasteiger partial charge in [0, 0.05) is 33.8 Å². The zero-order valence-corrected chi connectivity index (χ0v) is 21.0. The molecule has 1 atom stereocenters. The molecule has 34 heavy (non-hydrogen) atoms. The molecule has 4 rings (SSSR count). The lowest BCUT2D eigenvalue weighted by molar-refractivity contribution is 0.0680. The highest BCUT2D eigenvalue weighted by molar-refractivity contribution is 7.91. The van der Waals surface area contributed by atoms with E-state index in [-0.39, 0.29) is 23.5 Å². The van der Waals surface area contributed by atoms with Gasteiger partial charge in [-0.05, 0) is 54.8 Å². The first-order valence-electron chi connectivity index (χ1n) is 11.0. The van der Waals surface area contributed by atoms with Crippen LogP contribution in [0.5, 0.6) is 5.75 Å². The third-order valence-corrected chi connectivity index (χ3v) is 8.15. The summed E-state index contributed by atoms with van der Waals surface area (Å²) in [7, 11) is -3.16. The van der Waals surface area contributed by atoms with Crippen LogP contribution in [0.25, 0.3) is 11.1 Å². The minimum Gasteiger partial charge on any atom is -0.494 e. The predicted octanol–water partition coefficient (Wildman–Crippen LogP) is 5.89. The van der Waals surface area contributed by atoms with E-state index in [9.17, 15) is 13.2 Å². The van der Waals surface area contributed by atoms with Gasteiger partial charge in [0.2, 0.25) is 0 Å². The van der Waals surface area contributed by atoms with Crippen LogP contribution in [0.15, 0.2) is 66.7 Å². The number of hydrogen-bond donors (Lipinski definition) is 0. The van der Waals surface area contributed by atoms with Gasteiger partial charge in [0.15, 0.2) is 9.84 Å². The van der Waals surface area contributed by atoms with Gasteiger partial charge < -0.3 is 9.64 Å². The molecule has 8 heteroatoms. The summed E-state index contributed by atoms with van der Waals surface area (Å²) < 4.78 is 29.9. The van der Waals surface area contributed by atoms with E-state index in [1.165, 1.54) is 0 Å². The third-order valence-electron chi connectivity index (χ3n) is 5.85. The van der Waals surface area contributed by atoms with E-state index in [1.54, 1.807) is 41.3 Å². The number of carbonyl (C=O) groups excluding carboxylic acids is 1. The molecule has 1 aliphatic rings. The van der Waals surface area contributed by atoms with Gasteiger partial charge in [0.25, 0.3) is 5.91 Å². The van der Waals surface area contributed by atoms with Gasteiger partial charge in [0.05, 0.1) is 18.1 Å². The number of nitrogens with zero attached hydrogens (tertiary/aromatic N) is 1. The fraction of sp³-hybridized carbons (Fsp3) is 0.269. The fourth-order valence-corrected chi connectivity index (χ4v) is 6.40. The lowest BCUT2D eigenvalue weighted by atomic mass is 10.0. The smallest absolute Gasteiger partial charge is 0.254 e. The van der Waals surface area contributed by atoms with Gasteiger partial charge in [-0.1, -0.05) is 59.6 Å². The summed E-state index contributed by atoms with van der Waals surface area (Å²) in [6, 6.07) is 19.7. The zero-order valence-electron chi connectivity index (χ0n) is 18.7. The predicted molar refractivity (Wildman–Crippen MR) is 136 cm³/mol. The summed E-state index contributed by atoms with van der Waals surface area (Å²) in [5, 5.41) is 1.13. The Balaban J connectivity index is 1.61. The Bertz CT molecular complexity index is 1290. The fourth-order valence-electron chi connectivity index (χ4n) is 4.15. The molecule has 1 heterocycles. The van der Waals surface area contributed by atoms with Crippen LogP contribution in [-0.4, -0.2) is 43.4 Å². The summed E-state index contributed by atoms with van der Waals surface area (Å²) in [6.45, 7) is 2.67. The summed E-state index contributed by atoms with van der Waals surface area (Å²) in [5.41, 5.74) is 3.16. The molecule has 0 bridgehead atoms. The Morgan fingerprint density at radius 2 is 1.82 bits per heavy atom. The van der Waals surface area contributed by atoms with Crippen molar-refractivity contribution >= 4 is 38.9 Å². The van der Waals surface area contributed by atoms with Crippen LogP contribution in [0.2, 0.25) is 10.0 Å². The number of halogens is 2. The average molecular weight is 518 g/mol. The van der Waals surface area contributed by atoms with E-state index < -0.39 is 9.84 Å². The largest absolute Gasteiger partial charge is 0.494 e. The molecule has 1 amide bonds. The first-order valence-corrected chi connectivity index (χ1v) is 13.6. The molecule has 3 aromatic carbocycles. The van der Waals surface area contributed by atoms with Crippen molar-refractivity contribution in [2.24, 2.45) is 0 Å². The SMILES string of the molecule is CCOc1cccc(C(=O)N(Cc2ccc(-c3ccc(Cl)cc3Cl)cc2)C2CCS(=O)(=O)C2)c1. The minimum atomic E-state index is -3.16. The Labute approximate surface area is 210 Å². The quantitative estimate of drug-likeness (QED) is 0.392. The molecule has 5 nitrogen and oxygen atoms in total. The van der Waals surface area contributed by atoms with Crippen molar-refractivity contribution in [3.63, 3.8) is 0 Å². The van der Waals surface area contributed by atoms with Crippen molar-refractivity contribution in [2.45, 2.75) is 25.9 Å². The molecule has 0 N–H and O–H groups in total. The van der Waals surface area contributed by atoms with E-state index >= 15 is 0 Å². The van der Waals surface area contributed by atoms with Crippen molar-refractivity contribution in [1.29, 1.82) is 0 Å². The second-order valence-electron chi connectivity index (χ2n) is 8.27. The Kier molecular flexibility index (Phi) is 7.51. The molecule has 1 fully saturated rings. The first-order chi connectivity index (χ1) is 16.3. The number of amides is 1.